The molecular formula is C15H29N2O3+. The molecule has 0 unspecified atom stereocenters. The van der Waals surface area contributed by atoms with E-state index in [-0.39, 0.29) is 6.09 Å². The molecule has 0 aromatic rings. The Balaban J connectivity index is 1.67. The summed E-state index contributed by atoms with van der Waals surface area (Å²) in [7, 11) is 2.28. The summed E-state index contributed by atoms with van der Waals surface area (Å²) in [6, 6.07) is 0. The smallest absolute Gasteiger partial charge is 0.407 e. The summed E-state index contributed by atoms with van der Waals surface area (Å²) >= 11 is 0. The summed E-state index contributed by atoms with van der Waals surface area (Å²) in [5.41, 5.74) is 0.0562. The first-order valence-corrected chi connectivity index (χ1v) is 7.60. The van der Waals surface area contributed by atoms with E-state index < -0.39 is 5.60 Å². The van der Waals surface area contributed by atoms with Gasteiger partial charge in [-0.1, -0.05) is 0 Å². The van der Waals surface area contributed by atoms with E-state index in [0.717, 1.165) is 24.2 Å². The maximum Gasteiger partial charge on any atom is 0.407 e. The van der Waals surface area contributed by atoms with Gasteiger partial charge in [0, 0.05) is 18.3 Å². The molecule has 2 rings (SSSR count). The predicted molar refractivity (Wildman–Crippen MR) is 77.5 cm³/mol. The van der Waals surface area contributed by atoms with Gasteiger partial charge in [0.05, 0.1) is 46.4 Å². The molecule has 2 aliphatic rings. The molecular weight excluding hydrogens is 256 g/mol. The number of hydrogen-bond donors (Lipinski definition) is 1. The van der Waals surface area contributed by atoms with Gasteiger partial charge in [0.15, 0.2) is 0 Å². The van der Waals surface area contributed by atoms with E-state index in [1.54, 1.807) is 0 Å². The van der Waals surface area contributed by atoms with Crippen molar-refractivity contribution in [2.45, 2.75) is 39.2 Å². The Kier molecular flexibility index (Phi) is 4.30. The Labute approximate surface area is 122 Å². The quantitative estimate of drug-likeness (QED) is 0.804. The second-order valence-corrected chi connectivity index (χ2v) is 7.71. The molecule has 0 aromatic heterocycles. The Hall–Kier alpha value is -0.810. The molecule has 0 saturated carbocycles. The minimum Gasteiger partial charge on any atom is -0.444 e. The molecule has 2 heterocycles. The lowest BCUT2D eigenvalue weighted by molar-refractivity contribution is -0.916. The van der Waals surface area contributed by atoms with Crippen molar-refractivity contribution in [3.63, 3.8) is 0 Å². The van der Waals surface area contributed by atoms with Gasteiger partial charge in [-0.05, 0) is 20.8 Å². The highest BCUT2D eigenvalue weighted by Gasteiger charge is 2.45. The zero-order valence-electron chi connectivity index (χ0n) is 13.3. The molecule has 0 atom stereocenters. The van der Waals surface area contributed by atoms with Crippen LogP contribution in [-0.4, -0.2) is 62.6 Å². The predicted octanol–water partition coefficient (Wildman–Crippen LogP) is 1.77. The van der Waals surface area contributed by atoms with Crippen LogP contribution in [0, 0.1) is 5.41 Å². The third-order valence-corrected chi connectivity index (χ3v) is 4.50. The SMILES string of the molecule is CC(C)(C)OC(=O)NCC[N+]1(C)CCC2(CC1)COC2. The Bertz CT molecular complexity index is 349. The van der Waals surface area contributed by atoms with Gasteiger partial charge in [-0.25, -0.2) is 4.79 Å². The van der Waals surface area contributed by atoms with E-state index in [2.05, 4.69) is 12.4 Å². The van der Waals surface area contributed by atoms with Crippen molar-refractivity contribution in [2.24, 2.45) is 5.41 Å². The number of hydrogen-bond acceptors (Lipinski definition) is 3. The molecule has 0 aliphatic carbocycles. The Morgan fingerprint density at radius 2 is 1.90 bits per heavy atom. The highest BCUT2D eigenvalue weighted by molar-refractivity contribution is 5.67. The first kappa shape index (κ1) is 15.6. The van der Waals surface area contributed by atoms with Gasteiger partial charge < -0.3 is 19.3 Å². The Morgan fingerprint density at radius 1 is 1.30 bits per heavy atom. The number of amides is 1. The summed E-state index contributed by atoms with van der Waals surface area (Å²) in [5, 5.41) is 2.86. The Morgan fingerprint density at radius 3 is 2.35 bits per heavy atom. The molecule has 116 valence electrons. The number of piperidine rings is 1. The number of nitrogens with zero attached hydrogens (tertiary/aromatic N) is 1. The first-order valence-electron chi connectivity index (χ1n) is 7.60. The van der Waals surface area contributed by atoms with Crippen molar-refractivity contribution in [2.75, 3.05) is 46.4 Å². The number of rotatable bonds is 3. The zero-order valence-corrected chi connectivity index (χ0v) is 13.3. The van der Waals surface area contributed by atoms with Gasteiger partial charge in [-0.15, -0.1) is 0 Å². The largest absolute Gasteiger partial charge is 0.444 e. The van der Waals surface area contributed by atoms with E-state index >= 15 is 0 Å². The van der Waals surface area contributed by atoms with Crippen LogP contribution in [0.25, 0.3) is 0 Å². The minimum absolute atomic E-state index is 0.315. The summed E-state index contributed by atoms with van der Waals surface area (Å²) in [6.07, 6.45) is 2.18. The van der Waals surface area contributed by atoms with Crippen LogP contribution in [0.1, 0.15) is 33.6 Å². The van der Waals surface area contributed by atoms with E-state index in [4.69, 9.17) is 9.47 Å². The fourth-order valence-electron chi connectivity index (χ4n) is 2.90. The number of carbonyl (C=O) groups is 1. The second-order valence-electron chi connectivity index (χ2n) is 7.71. The van der Waals surface area contributed by atoms with Crippen LogP contribution in [0.15, 0.2) is 0 Å². The van der Waals surface area contributed by atoms with Gasteiger partial charge in [0.2, 0.25) is 0 Å². The third-order valence-electron chi connectivity index (χ3n) is 4.50. The van der Waals surface area contributed by atoms with E-state index in [1.807, 2.05) is 20.8 Å². The van der Waals surface area contributed by atoms with Crippen molar-refractivity contribution >= 4 is 6.09 Å². The average molecular weight is 285 g/mol. The maximum absolute atomic E-state index is 11.6. The maximum atomic E-state index is 11.6. The van der Waals surface area contributed by atoms with Gasteiger partial charge in [0.1, 0.15) is 5.60 Å². The van der Waals surface area contributed by atoms with Gasteiger partial charge >= 0.3 is 6.09 Å². The summed E-state index contributed by atoms with van der Waals surface area (Å²) < 4.78 is 11.6. The fourth-order valence-corrected chi connectivity index (χ4v) is 2.90. The topological polar surface area (TPSA) is 47.6 Å². The molecule has 2 aliphatic heterocycles. The highest BCUT2D eigenvalue weighted by Crippen LogP contribution is 2.39. The molecule has 5 nitrogen and oxygen atoms in total. The molecule has 0 radical (unpaired) electrons. The first-order chi connectivity index (χ1) is 9.22. The molecule has 1 amide bonds. The lowest BCUT2D eigenvalue weighted by Crippen LogP contribution is -2.59. The molecule has 0 bridgehead atoms. The van der Waals surface area contributed by atoms with Crippen LogP contribution < -0.4 is 5.32 Å². The van der Waals surface area contributed by atoms with Crippen LogP contribution in [-0.2, 0) is 9.47 Å². The van der Waals surface area contributed by atoms with Crippen molar-refractivity contribution in [3.05, 3.63) is 0 Å². The number of ether oxygens (including phenoxy) is 2. The molecule has 1 N–H and O–H groups in total. The molecule has 1 spiro atoms. The van der Waals surface area contributed by atoms with Crippen LogP contribution >= 0.6 is 0 Å². The molecule has 2 fully saturated rings. The number of nitrogens with one attached hydrogen (secondary N) is 1. The van der Waals surface area contributed by atoms with Crippen molar-refractivity contribution in [1.29, 1.82) is 0 Å². The number of carbonyl (C=O) groups excluding carboxylic acids is 1. The zero-order chi connectivity index (χ0) is 14.9. The van der Waals surface area contributed by atoms with Crippen molar-refractivity contribution in [3.8, 4) is 0 Å². The van der Waals surface area contributed by atoms with Crippen LogP contribution in [0.2, 0.25) is 0 Å². The molecule has 20 heavy (non-hydrogen) atoms. The lowest BCUT2D eigenvalue weighted by atomic mass is 9.76. The number of quaternary nitrogens is 1. The van der Waals surface area contributed by atoms with E-state index in [1.165, 1.54) is 25.9 Å². The monoisotopic (exact) mass is 285 g/mol. The fraction of sp³-hybridized carbons (Fsp3) is 0.933. The van der Waals surface area contributed by atoms with Gasteiger partial charge in [-0.3, -0.25) is 0 Å². The van der Waals surface area contributed by atoms with Gasteiger partial charge in [0.25, 0.3) is 0 Å². The second kappa shape index (κ2) is 5.53. The highest BCUT2D eigenvalue weighted by atomic mass is 16.6. The van der Waals surface area contributed by atoms with Crippen LogP contribution in [0.5, 0.6) is 0 Å². The minimum atomic E-state index is -0.426. The number of alkyl carbamates (subject to hydrolysis) is 1. The van der Waals surface area contributed by atoms with Crippen LogP contribution in [0.3, 0.4) is 0 Å². The number of likely N-dealkylation sites (tertiary alicyclic amines) is 1. The molecule has 2 saturated heterocycles. The van der Waals surface area contributed by atoms with Crippen molar-refractivity contribution in [1.82, 2.24) is 5.32 Å². The normalized spacial score (nSPS) is 24.0. The van der Waals surface area contributed by atoms with E-state index in [9.17, 15) is 4.79 Å². The van der Waals surface area contributed by atoms with Crippen LogP contribution in [0.4, 0.5) is 4.79 Å². The lowest BCUT2D eigenvalue weighted by Gasteiger charge is -2.50. The van der Waals surface area contributed by atoms with Gasteiger partial charge in [-0.2, -0.15) is 0 Å². The summed E-state index contributed by atoms with van der Waals surface area (Å²) in [6.45, 7) is 11.5. The average Bonchev–Trinajstić information content (AvgIpc) is 2.25. The summed E-state index contributed by atoms with van der Waals surface area (Å²) in [5.74, 6) is 0. The molecule has 5 heteroatoms. The standard InChI is InChI=1S/C15H28N2O3/c1-14(2,3)20-13(18)16-7-10-17(4)8-5-15(6-9-17)11-19-12-15/h5-12H2,1-4H3/p+1. The summed E-state index contributed by atoms with van der Waals surface area (Å²) in [4.78, 5) is 11.6. The molecule has 0 aromatic carbocycles. The van der Waals surface area contributed by atoms with E-state index in [0.29, 0.717) is 12.0 Å². The van der Waals surface area contributed by atoms with Crippen molar-refractivity contribution < 1.29 is 18.8 Å². The third kappa shape index (κ3) is 4.09. The number of likely N-dealkylation sites (N-methyl/N-ethyl adjacent to an activating group) is 1.